The minimum atomic E-state index is -2.33. The quantitative estimate of drug-likeness (QED) is 0.0689. The molecule has 0 aromatic heterocycles. The molecule has 20 heteroatoms. The number of fused-ring (bicyclic) bond motifs is 7. The van der Waals surface area contributed by atoms with Gasteiger partial charge in [-0.1, -0.05) is 67.1 Å². The Bertz CT molecular complexity index is 2070. The van der Waals surface area contributed by atoms with E-state index in [9.17, 15) is 43.1 Å². The number of benzene rings is 2. The van der Waals surface area contributed by atoms with Crippen LogP contribution in [0.2, 0.25) is 0 Å². The Labute approximate surface area is 368 Å². The van der Waals surface area contributed by atoms with E-state index in [1.54, 1.807) is 25.1 Å². The number of carbonyl (C=O) groups is 6. The number of aliphatic hydroxyl groups excluding tert-OH is 1. The average Bonchev–Trinajstić information content (AvgIpc) is 3.81. The Kier molecular flexibility index (Phi) is 17.0. The molecular weight excluding hydrogens is 1100 g/mol. The molecule has 1 heterocycles. The second kappa shape index (κ2) is 21.7. The van der Waals surface area contributed by atoms with Crippen LogP contribution >= 0.6 is 0 Å². The summed E-state index contributed by atoms with van der Waals surface area (Å²) in [6.07, 6.45) is 0.502. The molecule has 3 saturated carbocycles. The molecule has 2 aromatic carbocycles. The average molecular weight is 1150 g/mol. The Morgan fingerprint density at radius 2 is 1.43 bits per heavy atom. The summed E-state index contributed by atoms with van der Waals surface area (Å²) in [5, 5.41) is 22.6. The molecule has 9 atom stereocenters. The van der Waals surface area contributed by atoms with Gasteiger partial charge < -0.3 is 50.7 Å². The molecule has 7 unspecified atom stereocenters. The molecule has 358 valence electrons. The van der Waals surface area contributed by atoms with E-state index in [1.807, 2.05) is 23.5 Å². The first-order valence-corrected chi connectivity index (χ1v) is 20.6. The van der Waals surface area contributed by atoms with Crippen molar-refractivity contribution in [1.29, 1.82) is 0 Å². The number of aryl methyl sites for hydroxylation is 1. The fourth-order valence-electron chi connectivity index (χ4n) is 9.64. The summed E-state index contributed by atoms with van der Waals surface area (Å²) >= 11 is 0. The molecule has 2 aromatic rings. The number of ether oxygens (including phenoxy) is 3. The van der Waals surface area contributed by atoms with Crippen LogP contribution in [-0.4, -0.2) is 123 Å². The molecular formula is C45H53F3FmN5O11-. The molecule has 1 aliphatic heterocycles. The van der Waals surface area contributed by atoms with E-state index < -0.39 is 120 Å². The van der Waals surface area contributed by atoms with Gasteiger partial charge in [0.05, 0.1) is 38.4 Å². The summed E-state index contributed by atoms with van der Waals surface area (Å²) < 4.78 is 62.3. The van der Waals surface area contributed by atoms with Crippen molar-refractivity contribution in [3.63, 3.8) is 0 Å². The monoisotopic (exact) mass is 1150 g/mol. The van der Waals surface area contributed by atoms with E-state index in [1.165, 1.54) is 43.2 Å². The SMILES string of the molecule is CC12CC(O)[C@@]3(F)C(C[C@H](F)C4=CC(=O)C=CC43C)C1CC1OCOC12C(=O)COCNC(=O)CNC(=O)CNC(=O)CNC(=O)CN[C-]=O.Cc1ccccc1.Fc1ccccc1.[Fm]. The number of nitrogens with one attached hydrogen (secondary N) is 5. The van der Waals surface area contributed by atoms with Gasteiger partial charge in [-0.25, -0.2) is 13.2 Å². The number of carbonyl (C=O) groups excluding carboxylic acids is 7. The maximum Gasteiger partial charge on any atom is 0.241 e. The van der Waals surface area contributed by atoms with Crippen LogP contribution in [0, 0.1) is 35.4 Å². The van der Waals surface area contributed by atoms with Gasteiger partial charge in [-0.3, -0.25) is 28.8 Å². The van der Waals surface area contributed by atoms with E-state index >= 15 is 8.78 Å². The number of halogens is 3. The predicted octanol–water partition coefficient (Wildman–Crippen LogP) is 1.51. The molecule has 0 spiro atoms. The minimum absolute atomic E-state index is 0. The maximum absolute atomic E-state index is 17.4. The zero-order chi connectivity index (χ0) is 46.7. The van der Waals surface area contributed by atoms with Crippen molar-refractivity contribution in [3.05, 3.63) is 95.8 Å². The van der Waals surface area contributed by atoms with E-state index in [0.717, 1.165) is 6.08 Å². The van der Waals surface area contributed by atoms with Gasteiger partial charge in [0.15, 0.2) is 22.8 Å². The summed E-state index contributed by atoms with van der Waals surface area (Å²) in [5.41, 5.74) is -5.42. The van der Waals surface area contributed by atoms with Crippen LogP contribution in [0.1, 0.15) is 38.7 Å². The van der Waals surface area contributed by atoms with Gasteiger partial charge in [0.1, 0.15) is 32.1 Å². The maximum atomic E-state index is 17.4. The number of ketones is 2. The van der Waals surface area contributed by atoms with Gasteiger partial charge in [0.2, 0.25) is 23.6 Å². The third-order valence-corrected chi connectivity index (χ3v) is 12.7. The summed E-state index contributed by atoms with van der Waals surface area (Å²) in [7, 11) is 0. The number of allylic oxidation sites excluding steroid dienone is 4. The molecule has 7 rings (SSSR count). The number of aliphatic hydroxyl groups is 1. The normalized spacial score (nSPS) is 29.9. The van der Waals surface area contributed by atoms with Gasteiger partial charge in [0.25, 0.3) is 0 Å². The smallest absolute Gasteiger partial charge is 0.241 e. The first-order valence-electron chi connectivity index (χ1n) is 20.6. The van der Waals surface area contributed by atoms with Crippen molar-refractivity contribution in [2.45, 2.75) is 69.7 Å². The first-order chi connectivity index (χ1) is 30.4. The van der Waals surface area contributed by atoms with E-state index in [-0.39, 0.29) is 44.0 Å². The number of hydrogen-bond donors (Lipinski definition) is 6. The van der Waals surface area contributed by atoms with Crippen LogP contribution in [0.15, 0.2) is 84.5 Å². The van der Waals surface area contributed by atoms with Crippen molar-refractivity contribution in [1.82, 2.24) is 26.6 Å². The topological polar surface area (TPSA) is 228 Å². The van der Waals surface area contributed by atoms with Crippen LogP contribution in [-0.2, 0) is 47.8 Å². The molecule has 5 amide bonds. The standard InChI is InChI=1S/C32H40F2N5O11.C7H8.C6H5F.Fm/c1-29-4-3-17(41)5-20(29)21(33)6-19-18-7-24-32(50-16-49-24,30(18,2)8-22(42)31(19,29)34)23(43)13-48-15-39-28(47)12-38-27(46)11-37-26(45)10-36-25(44)9-35-14-40;1-7-5-3-2-4-6-7;7-6-4-2-1-3-5-6;/h3-5,18-19,21-22,24,42H,6-13,15-16H2,1-2H3,(H,35,40)(H,36,44)(H,37,45)(H,38,46)(H,39,47);2-6H,1H3;1-5H;/q-1;;;/t18?,19?,21-,22?,24?,29?,30?,31-,32?;;;/m0.../s1. The predicted molar refractivity (Wildman–Crippen MR) is 222 cm³/mol. The Hall–Kier alpha value is -6.76. The van der Waals surface area contributed by atoms with Crippen LogP contribution < -0.4 is 26.6 Å². The second-order valence-corrected chi connectivity index (χ2v) is 16.5. The van der Waals surface area contributed by atoms with E-state index in [0.29, 0.717) is 0 Å². The molecule has 0 bridgehead atoms. The van der Waals surface area contributed by atoms with Gasteiger partial charge in [0, 0.05) is 16.7 Å². The van der Waals surface area contributed by atoms with Gasteiger partial charge in [-0.05, 0) is 68.9 Å². The summed E-state index contributed by atoms with van der Waals surface area (Å²) in [4.78, 5) is 83.3. The van der Waals surface area contributed by atoms with Crippen molar-refractivity contribution in [3.8, 4) is 0 Å². The summed E-state index contributed by atoms with van der Waals surface area (Å²) in [6, 6.07) is 18.2. The number of amides is 5. The van der Waals surface area contributed by atoms with Crippen molar-refractivity contribution in [2.75, 3.05) is 46.3 Å². The molecule has 4 fully saturated rings. The third kappa shape index (κ3) is 10.8. The summed E-state index contributed by atoms with van der Waals surface area (Å²) in [5.74, 6) is -5.57. The molecule has 4 aliphatic carbocycles. The van der Waals surface area contributed by atoms with Crippen LogP contribution in [0.5, 0.6) is 0 Å². The van der Waals surface area contributed by atoms with Crippen LogP contribution in [0.25, 0.3) is 0 Å². The van der Waals surface area contributed by atoms with Crippen molar-refractivity contribution >= 4 is 41.6 Å². The molecule has 6 N–H and O–H groups in total. The molecule has 1 saturated heterocycles. The number of Topliss-reactive ketones (excluding diaryl/α,β-unsaturated/α-hetero) is 1. The van der Waals surface area contributed by atoms with Gasteiger partial charge in [-0.2, -0.15) is 6.41 Å². The Morgan fingerprint density at radius 1 is 0.862 bits per heavy atom. The zero-order valence-electron chi connectivity index (χ0n) is 35.9. The van der Waals surface area contributed by atoms with Crippen LogP contribution in [0.4, 0.5) is 13.2 Å². The number of hydrogen-bond acceptors (Lipinski definition) is 11. The Balaban J connectivity index is 0.000000522. The van der Waals surface area contributed by atoms with E-state index in [2.05, 4.69) is 40.3 Å². The van der Waals surface area contributed by atoms with Crippen molar-refractivity contribution in [2.24, 2.45) is 22.7 Å². The summed E-state index contributed by atoms with van der Waals surface area (Å²) in [6.45, 7) is 2.27. The van der Waals surface area contributed by atoms with E-state index in [4.69, 9.17) is 14.2 Å². The minimum Gasteiger partial charge on any atom is -0.522 e. The van der Waals surface area contributed by atoms with Crippen molar-refractivity contribution < 1.29 is 66.1 Å². The third-order valence-electron chi connectivity index (χ3n) is 12.7. The zero-order valence-corrected chi connectivity index (χ0v) is 38.3. The number of rotatable bonds is 14. The fraction of sp³-hybridized carbons (Fsp3) is 0.489. The second-order valence-electron chi connectivity index (χ2n) is 16.5. The number of alkyl halides is 2. The largest absolute Gasteiger partial charge is 0.522 e. The van der Waals surface area contributed by atoms with Crippen LogP contribution in [0.3, 0.4) is 0 Å². The Morgan fingerprint density at radius 3 is 1.97 bits per heavy atom. The first kappa shape index (κ1) is 50.9. The molecule has 16 nitrogen and oxygen atoms in total. The molecule has 5 aliphatic rings. The molecule has 65 heavy (non-hydrogen) atoms. The molecule has 0 radical (unpaired) electrons. The van der Waals surface area contributed by atoms with Gasteiger partial charge in [-0.15, -0.1) is 0 Å². The van der Waals surface area contributed by atoms with Gasteiger partial charge >= 0.3 is 0 Å². The fourth-order valence-corrected chi connectivity index (χ4v) is 9.64.